The summed E-state index contributed by atoms with van der Waals surface area (Å²) in [5, 5.41) is 2.25. The third-order valence-corrected chi connectivity index (χ3v) is 2.31. The van der Waals surface area contributed by atoms with Gasteiger partial charge in [-0.15, -0.1) is 0 Å². The van der Waals surface area contributed by atoms with Gasteiger partial charge in [-0.3, -0.25) is 4.79 Å². The van der Waals surface area contributed by atoms with E-state index in [0.717, 1.165) is 12.8 Å². The summed E-state index contributed by atoms with van der Waals surface area (Å²) in [6, 6.07) is -0.138. The Hall–Kier alpha value is -0.190. The molecular formula is C7H10BrF2NO. The SMILES string of the molecule is CC(NC(=O)C(F)(F)Br)C1CC1. The Morgan fingerprint density at radius 3 is 2.50 bits per heavy atom. The number of hydrogen-bond acceptors (Lipinski definition) is 1. The van der Waals surface area contributed by atoms with E-state index in [9.17, 15) is 13.6 Å². The van der Waals surface area contributed by atoms with Crippen molar-refractivity contribution in [2.24, 2.45) is 5.92 Å². The zero-order valence-electron chi connectivity index (χ0n) is 6.61. The van der Waals surface area contributed by atoms with Crippen molar-refractivity contribution in [3.05, 3.63) is 0 Å². The number of amides is 1. The van der Waals surface area contributed by atoms with Crippen molar-refractivity contribution in [3.63, 3.8) is 0 Å². The van der Waals surface area contributed by atoms with Gasteiger partial charge in [0.25, 0.3) is 0 Å². The summed E-state index contributed by atoms with van der Waals surface area (Å²) in [6.07, 6.45) is 2.05. The average Bonchev–Trinajstić information content (AvgIpc) is 2.65. The monoisotopic (exact) mass is 241 g/mol. The first-order chi connectivity index (χ1) is 5.41. The number of carbonyl (C=O) groups is 1. The van der Waals surface area contributed by atoms with Gasteiger partial charge in [0.2, 0.25) is 0 Å². The van der Waals surface area contributed by atoms with E-state index in [-0.39, 0.29) is 6.04 Å². The van der Waals surface area contributed by atoms with Crippen molar-refractivity contribution in [1.29, 1.82) is 0 Å². The molecule has 0 saturated heterocycles. The van der Waals surface area contributed by atoms with E-state index in [1.807, 2.05) is 15.9 Å². The van der Waals surface area contributed by atoms with Crippen LogP contribution < -0.4 is 5.32 Å². The highest BCUT2D eigenvalue weighted by atomic mass is 79.9. The van der Waals surface area contributed by atoms with Crippen molar-refractivity contribution < 1.29 is 13.6 Å². The molecule has 5 heteroatoms. The first-order valence-corrected chi connectivity index (χ1v) is 4.58. The summed E-state index contributed by atoms with van der Waals surface area (Å²) in [5.74, 6) is -0.856. The summed E-state index contributed by atoms with van der Waals surface area (Å²) in [7, 11) is 0. The van der Waals surface area contributed by atoms with Gasteiger partial charge in [-0.05, 0) is 25.7 Å². The molecule has 1 rings (SSSR count). The maximum atomic E-state index is 12.3. The molecule has 1 unspecified atom stereocenters. The molecule has 1 N–H and O–H groups in total. The van der Waals surface area contributed by atoms with Crippen molar-refractivity contribution in [3.8, 4) is 0 Å². The molecule has 0 aromatic carbocycles. The van der Waals surface area contributed by atoms with Gasteiger partial charge in [-0.2, -0.15) is 8.78 Å². The fourth-order valence-corrected chi connectivity index (χ4v) is 1.12. The molecule has 0 aromatic heterocycles. The second kappa shape index (κ2) is 3.28. The van der Waals surface area contributed by atoms with Crippen LogP contribution in [0.1, 0.15) is 19.8 Å². The third kappa shape index (κ3) is 2.69. The number of nitrogens with one attached hydrogen (secondary N) is 1. The van der Waals surface area contributed by atoms with Gasteiger partial charge in [0, 0.05) is 22.0 Å². The molecule has 0 bridgehead atoms. The zero-order valence-corrected chi connectivity index (χ0v) is 8.20. The van der Waals surface area contributed by atoms with Crippen LogP contribution in [0.4, 0.5) is 8.78 Å². The lowest BCUT2D eigenvalue weighted by atomic mass is 10.2. The van der Waals surface area contributed by atoms with Crippen molar-refractivity contribution in [1.82, 2.24) is 5.32 Å². The topological polar surface area (TPSA) is 29.1 Å². The third-order valence-electron chi connectivity index (χ3n) is 1.95. The van der Waals surface area contributed by atoms with Crippen LogP contribution in [0.2, 0.25) is 0 Å². The Bertz CT molecular complexity index is 188. The summed E-state index contributed by atoms with van der Waals surface area (Å²) in [6.45, 7) is 1.74. The number of alkyl halides is 3. The number of carbonyl (C=O) groups excluding carboxylic acids is 1. The standard InChI is InChI=1S/C7H10BrF2NO/c1-4(5-2-3-5)11-6(12)7(8,9)10/h4-5H,2-3H2,1H3,(H,11,12). The minimum atomic E-state index is -3.43. The van der Waals surface area contributed by atoms with E-state index in [1.165, 1.54) is 0 Å². The first kappa shape index (κ1) is 9.89. The Kier molecular flexibility index (Phi) is 2.70. The van der Waals surface area contributed by atoms with E-state index in [4.69, 9.17) is 0 Å². The van der Waals surface area contributed by atoms with Crippen LogP contribution >= 0.6 is 15.9 Å². The average molecular weight is 242 g/mol. The fourth-order valence-electron chi connectivity index (χ4n) is 1.00. The van der Waals surface area contributed by atoms with E-state index >= 15 is 0 Å². The maximum absolute atomic E-state index is 12.3. The Morgan fingerprint density at radius 1 is 1.67 bits per heavy atom. The summed E-state index contributed by atoms with van der Waals surface area (Å²) < 4.78 is 24.5. The van der Waals surface area contributed by atoms with E-state index in [0.29, 0.717) is 5.92 Å². The summed E-state index contributed by atoms with van der Waals surface area (Å²) in [4.78, 5) is 7.26. The minimum Gasteiger partial charge on any atom is -0.347 e. The molecule has 1 aliphatic rings. The molecule has 0 aliphatic heterocycles. The lowest BCUT2D eigenvalue weighted by Gasteiger charge is -2.14. The van der Waals surface area contributed by atoms with E-state index in [1.54, 1.807) is 6.92 Å². The van der Waals surface area contributed by atoms with Crippen LogP contribution in [-0.4, -0.2) is 16.8 Å². The van der Waals surface area contributed by atoms with Crippen LogP contribution in [0.25, 0.3) is 0 Å². The molecule has 12 heavy (non-hydrogen) atoms. The molecule has 0 spiro atoms. The van der Waals surface area contributed by atoms with E-state index < -0.39 is 10.7 Å². The highest BCUT2D eigenvalue weighted by Gasteiger charge is 2.38. The molecule has 2 nitrogen and oxygen atoms in total. The second-order valence-electron chi connectivity index (χ2n) is 3.10. The number of hydrogen-bond donors (Lipinski definition) is 1. The summed E-state index contributed by atoms with van der Waals surface area (Å²) in [5.41, 5.74) is 0. The number of halogens is 3. The maximum Gasteiger partial charge on any atom is 0.377 e. The Labute approximate surface area is 77.8 Å². The molecule has 0 aromatic rings. The number of rotatable bonds is 3. The molecular weight excluding hydrogens is 232 g/mol. The van der Waals surface area contributed by atoms with Crippen molar-refractivity contribution >= 4 is 21.8 Å². The van der Waals surface area contributed by atoms with Crippen LogP contribution in [0, 0.1) is 5.92 Å². The lowest BCUT2D eigenvalue weighted by molar-refractivity contribution is -0.135. The van der Waals surface area contributed by atoms with Gasteiger partial charge in [0.05, 0.1) is 0 Å². The van der Waals surface area contributed by atoms with Gasteiger partial charge in [0.1, 0.15) is 0 Å². The van der Waals surface area contributed by atoms with Gasteiger partial charge in [0.15, 0.2) is 0 Å². The fraction of sp³-hybridized carbons (Fsp3) is 0.857. The lowest BCUT2D eigenvalue weighted by Crippen LogP contribution is -2.41. The first-order valence-electron chi connectivity index (χ1n) is 3.79. The van der Waals surface area contributed by atoms with Gasteiger partial charge >= 0.3 is 10.7 Å². The molecule has 1 saturated carbocycles. The molecule has 0 heterocycles. The molecule has 70 valence electrons. The minimum absolute atomic E-state index is 0.138. The Balaban J connectivity index is 2.34. The highest BCUT2D eigenvalue weighted by molar-refractivity contribution is 9.10. The van der Waals surface area contributed by atoms with Crippen LogP contribution in [0.3, 0.4) is 0 Å². The van der Waals surface area contributed by atoms with Gasteiger partial charge in [-0.25, -0.2) is 0 Å². The van der Waals surface area contributed by atoms with Crippen molar-refractivity contribution in [2.45, 2.75) is 30.6 Å². The second-order valence-corrected chi connectivity index (χ2v) is 4.09. The molecule has 1 aliphatic carbocycles. The van der Waals surface area contributed by atoms with Crippen LogP contribution in [0.15, 0.2) is 0 Å². The van der Waals surface area contributed by atoms with Crippen molar-refractivity contribution in [2.75, 3.05) is 0 Å². The van der Waals surface area contributed by atoms with Crippen LogP contribution in [0.5, 0.6) is 0 Å². The van der Waals surface area contributed by atoms with E-state index in [2.05, 4.69) is 5.32 Å². The predicted octanol–water partition coefficient (Wildman–Crippen LogP) is 1.89. The highest BCUT2D eigenvalue weighted by Crippen LogP contribution is 2.33. The van der Waals surface area contributed by atoms with Gasteiger partial charge < -0.3 is 5.32 Å². The quantitative estimate of drug-likeness (QED) is 0.752. The predicted molar refractivity (Wildman–Crippen MR) is 44.2 cm³/mol. The largest absolute Gasteiger partial charge is 0.377 e. The molecule has 1 atom stereocenters. The summed E-state index contributed by atoms with van der Waals surface area (Å²) >= 11 is 2.00. The molecule has 0 radical (unpaired) electrons. The normalized spacial score (nSPS) is 20.3. The van der Waals surface area contributed by atoms with Crippen LogP contribution in [-0.2, 0) is 4.79 Å². The Morgan fingerprint density at radius 2 is 2.17 bits per heavy atom. The molecule has 1 amide bonds. The zero-order chi connectivity index (χ0) is 9.35. The van der Waals surface area contributed by atoms with Gasteiger partial charge in [-0.1, -0.05) is 0 Å². The molecule has 1 fully saturated rings. The smallest absolute Gasteiger partial charge is 0.347 e.